The molecule has 0 saturated heterocycles. The average molecular weight is 523 g/mol. The molecule has 0 radical (unpaired) electrons. The fourth-order valence-corrected chi connectivity index (χ4v) is 4.59. The van der Waals surface area contributed by atoms with Crippen molar-refractivity contribution in [3.63, 3.8) is 0 Å². The molecular weight excluding hydrogens is 468 g/mol. The Balaban J connectivity index is 2.20. The van der Waals surface area contributed by atoms with Crippen LogP contribution in [0.15, 0.2) is 0 Å². The maximum atomic E-state index is 9.62. The Hall–Kier alpha value is -0.360. The zero-order valence-electron chi connectivity index (χ0n) is 23.4. The predicted octanol–water partition coefficient (Wildman–Crippen LogP) is 2.55. The number of methoxy groups -OCH3 is 1. The Bertz CT molecular complexity index is 492. The van der Waals surface area contributed by atoms with E-state index in [2.05, 4.69) is 27.7 Å². The Morgan fingerprint density at radius 1 is 0.611 bits per heavy atom. The molecule has 5 unspecified atom stereocenters. The van der Waals surface area contributed by atoms with Crippen molar-refractivity contribution in [2.45, 2.75) is 65.3 Å². The molecular formula is C27H54O9. The van der Waals surface area contributed by atoms with Gasteiger partial charge in [-0.1, -0.05) is 27.7 Å². The van der Waals surface area contributed by atoms with Crippen LogP contribution in [-0.2, 0) is 33.2 Å². The van der Waals surface area contributed by atoms with Gasteiger partial charge in [-0.15, -0.1) is 0 Å². The van der Waals surface area contributed by atoms with Gasteiger partial charge in [-0.05, 0) is 42.9 Å². The predicted molar refractivity (Wildman–Crippen MR) is 138 cm³/mol. The summed E-state index contributed by atoms with van der Waals surface area (Å²) in [7, 11) is 1.65. The molecule has 0 spiro atoms. The van der Waals surface area contributed by atoms with Gasteiger partial charge in [0.25, 0.3) is 0 Å². The molecule has 9 nitrogen and oxygen atoms in total. The third kappa shape index (κ3) is 15.1. The maximum absolute atomic E-state index is 9.62. The SMILES string of the molecule is COCCOCCOCCOCCOCCOC1CC(C(C)C)C(OCCC(O)CO)CC1C(C)C. The molecule has 216 valence electrons. The van der Waals surface area contributed by atoms with E-state index in [9.17, 15) is 5.11 Å². The minimum atomic E-state index is -0.710. The van der Waals surface area contributed by atoms with Crippen LogP contribution in [0.5, 0.6) is 0 Å². The molecule has 2 N–H and O–H groups in total. The van der Waals surface area contributed by atoms with Gasteiger partial charge in [-0.3, -0.25) is 0 Å². The van der Waals surface area contributed by atoms with Gasteiger partial charge in [0.05, 0.1) is 91.0 Å². The summed E-state index contributed by atoms with van der Waals surface area (Å²) >= 11 is 0. The largest absolute Gasteiger partial charge is 0.394 e. The molecule has 9 heteroatoms. The number of ether oxygens (including phenoxy) is 7. The van der Waals surface area contributed by atoms with Crippen molar-refractivity contribution < 1.29 is 43.4 Å². The van der Waals surface area contributed by atoms with Crippen molar-refractivity contribution in [1.82, 2.24) is 0 Å². The van der Waals surface area contributed by atoms with E-state index in [0.29, 0.717) is 103 Å². The van der Waals surface area contributed by atoms with Crippen molar-refractivity contribution in [1.29, 1.82) is 0 Å². The average Bonchev–Trinajstić information content (AvgIpc) is 2.86. The Morgan fingerprint density at radius 2 is 1.00 bits per heavy atom. The fraction of sp³-hybridized carbons (Fsp3) is 1.00. The van der Waals surface area contributed by atoms with Gasteiger partial charge in [-0.2, -0.15) is 0 Å². The zero-order chi connectivity index (χ0) is 26.6. The molecule has 0 aromatic heterocycles. The van der Waals surface area contributed by atoms with E-state index in [4.69, 9.17) is 38.3 Å². The smallest absolute Gasteiger partial charge is 0.0792 e. The van der Waals surface area contributed by atoms with E-state index in [1.807, 2.05) is 0 Å². The van der Waals surface area contributed by atoms with Crippen LogP contribution < -0.4 is 0 Å². The summed E-state index contributed by atoms with van der Waals surface area (Å²) in [6.07, 6.45) is 2.02. The molecule has 0 heterocycles. The van der Waals surface area contributed by atoms with Crippen LogP contribution in [0.2, 0.25) is 0 Å². The van der Waals surface area contributed by atoms with Crippen LogP contribution >= 0.6 is 0 Å². The Labute approximate surface area is 219 Å². The van der Waals surface area contributed by atoms with Crippen LogP contribution in [0.4, 0.5) is 0 Å². The van der Waals surface area contributed by atoms with Crippen LogP contribution in [0, 0.1) is 23.7 Å². The molecule has 1 aliphatic carbocycles. The zero-order valence-corrected chi connectivity index (χ0v) is 23.4. The highest BCUT2D eigenvalue weighted by Gasteiger charge is 2.40. The van der Waals surface area contributed by atoms with E-state index in [1.165, 1.54) is 0 Å². The standard InChI is InChI=1S/C27H54O9/c1-21(2)24-19-27(25(22(3)4)18-26(24)35-7-6-23(29)20-28)36-17-16-34-15-14-33-13-12-32-11-10-31-9-8-30-5/h21-29H,6-20H2,1-5H3. The second kappa shape index (κ2) is 21.6. The van der Waals surface area contributed by atoms with Gasteiger partial charge in [0, 0.05) is 13.7 Å². The van der Waals surface area contributed by atoms with Gasteiger partial charge in [0.1, 0.15) is 0 Å². The number of aliphatic hydroxyl groups is 2. The quantitative estimate of drug-likeness (QED) is 0.196. The lowest BCUT2D eigenvalue weighted by Gasteiger charge is -2.44. The second-order valence-corrected chi connectivity index (χ2v) is 10.2. The van der Waals surface area contributed by atoms with E-state index in [-0.39, 0.29) is 18.8 Å². The van der Waals surface area contributed by atoms with Crippen LogP contribution in [0.3, 0.4) is 0 Å². The van der Waals surface area contributed by atoms with Crippen LogP contribution in [-0.4, -0.2) is 115 Å². The molecule has 0 amide bonds. The molecule has 1 aliphatic rings. The molecule has 1 saturated carbocycles. The summed E-state index contributed by atoms with van der Waals surface area (Å²) < 4.78 is 39.4. The van der Waals surface area contributed by atoms with Crippen LogP contribution in [0.25, 0.3) is 0 Å². The summed E-state index contributed by atoms with van der Waals surface area (Å²) in [6, 6.07) is 0. The number of hydrogen-bond donors (Lipinski definition) is 2. The monoisotopic (exact) mass is 522 g/mol. The first-order valence-electron chi connectivity index (χ1n) is 13.7. The summed E-state index contributed by atoms with van der Waals surface area (Å²) in [6.45, 7) is 14.8. The number of rotatable bonds is 23. The normalized spacial score (nSPS) is 23.6. The molecule has 0 bridgehead atoms. The van der Waals surface area contributed by atoms with E-state index < -0.39 is 6.10 Å². The molecule has 5 atom stereocenters. The first kappa shape index (κ1) is 33.7. The highest BCUT2D eigenvalue weighted by Crippen LogP contribution is 2.40. The van der Waals surface area contributed by atoms with Crippen molar-refractivity contribution in [2.24, 2.45) is 23.7 Å². The molecule has 36 heavy (non-hydrogen) atoms. The summed E-state index contributed by atoms with van der Waals surface area (Å²) in [5, 5.41) is 18.7. The van der Waals surface area contributed by atoms with E-state index >= 15 is 0 Å². The third-order valence-electron chi connectivity index (χ3n) is 6.78. The van der Waals surface area contributed by atoms with Crippen LogP contribution in [0.1, 0.15) is 47.0 Å². The first-order valence-corrected chi connectivity index (χ1v) is 13.7. The number of aliphatic hydroxyl groups excluding tert-OH is 2. The molecule has 0 aliphatic heterocycles. The fourth-order valence-electron chi connectivity index (χ4n) is 4.59. The topological polar surface area (TPSA) is 105 Å². The molecule has 0 aromatic carbocycles. The summed E-state index contributed by atoms with van der Waals surface area (Å²) in [4.78, 5) is 0. The Kier molecular flexibility index (Phi) is 20.2. The second-order valence-electron chi connectivity index (χ2n) is 10.2. The highest BCUT2D eigenvalue weighted by atomic mass is 16.6. The molecule has 1 fully saturated rings. The summed E-state index contributed by atoms with van der Waals surface area (Å²) in [5.41, 5.74) is 0. The van der Waals surface area contributed by atoms with Crippen molar-refractivity contribution in [3.8, 4) is 0 Å². The van der Waals surface area contributed by atoms with Gasteiger partial charge < -0.3 is 43.4 Å². The highest BCUT2D eigenvalue weighted by molar-refractivity contribution is 4.90. The third-order valence-corrected chi connectivity index (χ3v) is 6.78. The lowest BCUT2D eigenvalue weighted by atomic mass is 9.70. The van der Waals surface area contributed by atoms with Gasteiger partial charge in [-0.25, -0.2) is 0 Å². The summed E-state index contributed by atoms with van der Waals surface area (Å²) in [5.74, 6) is 1.80. The lowest BCUT2D eigenvalue weighted by Crippen LogP contribution is -2.45. The van der Waals surface area contributed by atoms with E-state index in [1.54, 1.807) is 7.11 Å². The van der Waals surface area contributed by atoms with Gasteiger partial charge in [0.15, 0.2) is 0 Å². The number of hydrogen-bond acceptors (Lipinski definition) is 9. The maximum Gasteiger partial charge on any atom is 0.0792 e. The minimum absolute atomic E-state index is 0.156. The minimum Gasteiger partial charge on any atom is -0.394 e. The van der Waals surface area contributed by atoms with Gasteiger partial charge >= 0.3 is 0 Å². The van der Waals surface area contributed by atoms with Gasteiger partial charge in [0.2, 0.25) is 0 Å². The molecule has 1 rings (SSSR count). The van der Waals surface area contributed by atoms with Crippen molar-refractivity contribution in [2.75, 3.05) is 86.4 Å². The van der Waals surface area contributed by atoms with Crippen molar-refractivity contribution in [3.05, 3.63) is 0 Å². The first-order chi connectivity index (χ1) is 17.4. The lowest BCUT2D eigenvalue weighted by molar-refractivity contribution is -0.123. The van der Waals surface area contributed by atoms with E-state index in [0.717, 1.165) is 12.8 Å². The molecule has 0 aromatic rings. The van der Waals surface area contributed by atoms with Crippen molar-refractivity contribution >= 4 is 0 Å². The Morgan fingerprint density at radius 3 is 1.39 bits per heavy atom.